The van der Waals surface area contributed by atoms with E-state index in [1.807, 2.05) is 11.6 Å². The molecule has 0 aliphatic heterocycles. The number of rotatable bonds is 8. The molecule has 1 aromatic heterocycles. The number of amides is 2. The van der Waals surface area contributed by atoms with Crippen LogP contribution in [-0.4, -0.2) is 28.2 Å². The lowest BCUT2D eigenvalue weighted by atomic mass is 10.2. The van der Waals surface area contributed by atoms with Gasteiger partial charge in [0.1, 0.15) is 11.6 Å². The number of nitrogens with one attached hydrogen (secondary N) is 2. The molecule has 10 heteroatoms. The second-order valence-corrected chi connectivity index (χ2v) is 8.20. The summed E-state index contributed by atoms with van der Waals surface area (Å²) < 4.78 is 45.6. The van der Waals surface area contributed by atoms with Crippen LogP contribution in [0.2, 0.25) is 0 Å². The van der Waals surface area contributed by atoms with Crippen molar-refractivity contribution in [1.82, 2.24) is 9.78 Å². The predicted octanol–water partition coefficient (Wildman–Crippen LogP) is 4.89. The largest absolute Gasteiger partial charge is 0.484 e. The van der Waals surface area contributed by atoms with Crippen LogP contribution in [0.25, 0.3) is 0 Å². The summed E-state index contributed by atoms with van der Waals surface area (Å²) in [5.41, 5.74) is 0.442. The molecule has 4 rings (SSSR count). The molecule has 34 heavy (non-hydrogen) atoms. The van der Waals surface area contributed by atoms with E-state index in [0.29, 0.717) is 23.0 Å². The number of ether oxygens (including phenoxy) is 1. The molecule has 0 bridgehead atoms. The third kappa shape index (κ3) is 5.94. The van der Waals surface area contributed by atoms with Gasteiger partial charge in [0.25, 0.3) is 11.8 Å². The zero-order chi connectivity index (χ0) is 24.3. The summed E-state index contributed by atoms with van der Waals surface area (Å²) in [6, 6.07) is 10.6. The highest BCUT2D eigenvalue weighted by Gasteiger charge is 2.30. The van der Waals surface area contributed by atoms with E-state index in [-0.39, 0.29) is 11.6 Å². The highest BCUT2D eigenvalue weighted by Crippen LogP contribution is 2.32. The number of aryl methyl sites for hydroxylation is 1. The molecule has 0 radical (unpaired) electrons. The van der Waals surface area contributed by atoms with Gasteiger partial charge in [0.2, 0.25) is 0 Å². The lowest BCUT2D eigenvalue weighted by Gasteiger charge is -2.11. The maximum absolute atomic E-state index is 12.8. The fourth-order valence-corrected chi connectivity index (χ4v) is 3.33. The number of anilines is 2. The van der Waals surface area contributed by atoms with Gasteiger partial charge in [-0.3, -0.25) is 9.59 Å². The Morgan fingerprint density at radius 1 is 1.12 bits per heavy atom. The van der Waals surface area contributed by atoms with E-state index in [2.05, 4.69) is 15.7 Å². The Balaban J connectivity index is 1.30. The first kappa shape index (κ1) is 23.3. The first-order valence-corrected chi connectivity index (χ1v) is 10.7. The van der Waals surface area contributed by atoms with Crippen LogP contribution in [0.4, 0.5) is 24.7 Å². The lowest BCUT2D eigenvalue weighted by molar-refractivity contribution is -0.137. The summed E-state index contributed by atoms with van der Waals surface area (Å²) in [5.74, 6) is 0.710. The molecule has 0 saturated heterocycles. The second-order valence-electron chi connectivity index (χ2n) is 8.20. The van der Waals surface area contributed by atoms with Crippen LogP contribution in [0, 0.1) is 12.8 Å². The molecule has 178 valence electrons. The predicted molar refractivity (Wildman–Crippen MR) is 120 cm³/mol. The topological polar surface area (TPSA) is 85.2 Å². The van der Waals surface area contributed by atoms with Gasteiger partial charge in [0.15, 0.2) is 6.61 Å². The Bertz CT molecular complexity index is 1180. The normalized spacial score (nSPS) is 13.4. The minimum atomic E-state index is -4.50. The molecule has 3 aromatic rings. The summed E-state index contributed by atoms with van der Waals surface area (Å²) in [6.07, 6.45) is -0.433. The van der Waals surface area contributed by atoms with Crippen LogP contribution < -0.4 is 15.4 Å². The third-order valence-electron chi connectivity index (χ3n) is 5.34. The Morgan fingerprint density at radius 3 is 2.53 bits per heavy atom. The molecule has 1 fully saturated rings. The fraction of sp³-hybridized carbons (Fsp3) is 0.292. The number of halogens is 3. The number of nitrogens with zero attached hydrogens (tertiary/aromatic N) is 2. The standard InChI is InChI=1S/C24H23F3N4O3/c1-15-12-28-31(13-16-5-6-16)22(15)30-23(33)17-7-9-20(10-8-17)34-14-21(32)29-19-4-2-3-18(11-19)24(25,26)27/h2-4,7-12,16H,5-6,13-14H2,1H3,(H,29,32)(H,30,33). The van der Waals surface area contributed by atoms with Gasteiger partial charge >= 0.3 is 6.18 Å². The number of aromatic nitrogens is 2. The minimum Gasteiger partial charge on any atom is -0.484 e. The Labute approximate surface area is 193 Å². The van der Waals surface area contributed by atoms with Crippen molar-refractivity contribution in [1.29, 1.82) is 0 Å². The number of carbonyl (C=O) groups excluding carboxylic acids is 2. The molecule has 7 nitrogen and oxygen atoms in total. The first-order valence-electron chi connectivity index (χ1n) is 10.7. The molecule has 2 aromatic carbocycles. The van der Waals surface area contributed by atoms with Crippen molar-refractivity contribution in [2.75, 3.05) is 17.2 Å². The highest BCUT2D eigenvalue weighted by atomic mass is 19.4. The van der Waals surface area contributed by atoms with Crippen LogP contribution in [0.5, 0.6) is 5.75 Å². The number of benzene rings is 2. The van der Waals surface area contributed by atoms with Crippen LogP contribution in [0.1, 0.15) is 34.3 Å². The fourth-order valence-electron chi connectivity index (χ4n) is 3.33. The quantitative estimate of drug-likeness (QED) is 0.489. The van der Waals surface area contributed by atoms with Gasteiger partial charge < -0.3 is 15.4 Å². The van der Waals surface area contributed by atoms with E-state index in [1.54, 1.807) is 30.5 Å². The molecular weight excluding hydrogens is 449 g/mol. The zero-order valence-electron chi connectivity index (χ0n) is 18.4. The van der Waals surface area contributed by atoms with Gasteiger partial charge in [0.05, 0.1) is 11.8 Å². The molecule has 1 aliphatic rings. The van der Waals surface area contributed by atoms with E-state index in [4.69, 9.17) is 4.74 Å². The SMILES string of the molecule is Cc1cnn(CC2CC2)c1NC(=O)c1ccc(OCC(=O)Nc2cccc(C(F)(F)F)c2)cc1. The Morgan fingerprint density at radius 2 is 1.85 bits per heavy atom. The molecule has 1 saturated carbocycles. The first-order chi connectivity index (χ1) is 16.2. The van der Waals surface area contributed by atoms with E-state index in [1.165, 1.54) is 25.0 Å². The summed E-state index contributed by atoms with van der Waals surface area (Å²) in [7, 11) is 0. The summed E-state index contributed by atoms with van der Waals surface area (Å²) >= 11 is 0. The summed E-state index contributed by atoms with van der Waals surface area (Å²) in [5, 5.41) is 9.60. The van der Waals surface area contributed by atoms with Crippen molar-refractivity contribution in [2.45, 2.75) is 32.5 Å². The monoisotopic (exact) mass is 472 g/mol. The van der Waals surface area contributed by atoms with Crippen molar-refractivity contribution in [3.63, 3.8) is 0 Å². The average Bonchev–Trinajstić information content (AvgIpc) is 3.56. The molecule has 1 heterocycles. The van der Waals surface area contributed by atoms with Crippen molar-refractivity contribution in [3.8, 4) is 5.75 Å². The average molecular weight is 472 g/mol. The molecule has 2 N–H and O–H groups in total. The number of hydrogen-bond acceptors (Lipinski definition) is 4. The second kappa shape index (κ2) is 9.58. The smallest absolute Gasteiger partial charge is 0.416 e. The van der Waals surface area contributed by atoms with E-state index in [0.717, 1.165) is 24.2 Å². The summed E-state index contributed by atoms with van der Waals surface area (Å²) in [6.45, 7) is 2.26. The zero-order valence-corrected chi connectivity index (χ0v) is 18.4. The van der Waals surface area contributed by atoms with E-state index in [9.17, 15) is 22.8 Å². The third-order valence-corrected chi connectivity index (χ3v) is 5.34. The van der Waals surface area contributed by atoms with Crippen molar-refractivity contribution >= 4 is 23.3 Å². The molecular formula is C24H23F3N4O3. The van der Waals surface area contributed by atoms with Crippen LogP contribution in [0.3, 0.4) is 0 Å². The van der Waals surface area contributed by atoms with Crippen molar-refractivity contribution < 1.29 is 27.5 Å². The molecule has 2 amide bonds. The van der Waals surface area contributed by atoms with Crippen molar-refractivity contribution in [2.24, 2.45) is 5.92 Å². The minimum absolute atomic E-state index is 0.0201. The number of hydrogen-bond donors (Lipinski definition) is 2. The van der Waals surface area contributed by atoms with Crippen LogP contribution in [-0.2, 0) is 17.5 Å². The lowest BCUT2D eigenvalue weighted by Crippen LogP contribution is -2.20. The van der Waals surface area contributed by atoms with Gasteiger partial charge in [-0.2, -0.15) is 18.3 Å². The Hall–Kier alpha value is -3.82. The van der Waals surface area contributed by atoms with E-state index >= 15 is 0 Å². The summed E-state index contributed by atoms with van der Waals surface area (Å²) in [4.78, 5) is 24.7. The van der Waals surface area contributed by atoms with Crippen LogP contribution >= 0.6 is 0 Å². The Kier molecular flexibility index (Phi) is 6.58. The van der Waals surface area contributed by atoms with Gasteiger partial charge in [-0.05, 0) is 68.1 Å². The number of alkyl halides is 3. The van der Waals surface area contributed by atoms with Gasteiger partial charge in [-0.1, -0.05) is 6.07 Å². The molecule has 1 aliphatic carbocycles. The van der Waals surface area contributed by atoms with Crippen LogP contribution in [0.15, 0.2) is 54.7 Å². The van der Waals surface area contributed by atoms with Gasteiger partial charge in [-0.25, -0.2) is 4.68 Å². The maximum Gasteiger partial charge on any atom is 0.416 e. The highest BCUT2D eigenvalue weighted by molar-refractivity contribution is 6.04. The molecule has 0 unspecified atom stereocenters. The van der Waals surface area contributed by atoms with Gasteiger partial charge in [-0.15, -0.1) is 0 Å². The molecule has 0 atom stereocenters. The van der Waals surface area contributed by atoms with Crippen molar-refractivity contribution in [3.05, 3.63) is 71.4 Å². The van der Waals surface area contributed by atoms with Gasteiger partial charge in [0, 0.05) is 23.4 Å². The number of carbonyl (C=O) groups is 2. The van der Waals surface area contributed by atoms with E-state index < -0.39 is 24.3 Å². The molecule has 0 spiro atoms. The maximum atomic E-state index is 12.8.